The lowest BCUT2D eigenvalue weighted by atomic mass is 9.51. The largest absolute Gasteiger partial charge is 0.508 e. The highest BCUT2D eigenvalue weighted by Crippen LogP contribution is 2.57. The van der Waals surface area contributed by atoms with Gasteiger partial charge in [-0.05, 0) is 29.9 Å². The van der Waals surface area contributed by atoms with Crippen molar-refractivity contribution in [3.63, 3.8) is 0 Å². The maximum absolute atomic E-state index is 14.0. The number of rotatable bonds is 6. The van der Waals surface area contributed by atoms with Crippen molar-refractivity contribution in [1.29, 1.82) is 0 Å². The van der Waals surface area contributed by atoms with Crippen molar-refractivity contribution in [2.45, 2.75) is 58.8 Å². The number of nitrogens with one attached hydrogen (secondary N) is 1. The maximum Gasteiger partial charge on any atom is 0.255 e. The second-order valence-electron chi connectivity index (χ2n) is 11.5. The molecule has 38 heavy (non-hydrogen) atoms. The minimum Gasteiger partial charge on any atom is -0.508 e. The van der Waals surface area contributed by atoms with Crippen LogP contribution >= 0.6 is 0 Å². The zero-order valence-electron chi connectivity index (χ0n) is 22.1. The summed E-state index contributed by atoms with van der Waals surface area (Å²) < 4.78 is 0. The molecule has 0 saturated heterocycles. The van der Waals surface area contributed by atoms with Gasteiger partial charge in [0, 0.05) is 35.4 Å². The standard InChI is InChI=1S/C28H36N2O8/c1-10(2)8-30-9-13-6-7-14-12(5)16-18(23(33)17(14)21(13)31)25(35)28(38)20(24(16)34)15(11(3)4)22(32)19(26(28)36)27(29)37/h6-7,10-12,15-16,20,24,30-31,33-34,36,38H,8-9H2,1-5H3,(H2,29,37)/t12-,15-,16+,20+,24-,28-/m0/s1. The van der Waals surface area contributed by atoms with Crippen LogP contribution in [0.2, 0.25) is 0 Å². The molecule has 3 aliphatic carbocycles. The molecule has 1 aromatic rings. The van der Waals surface area contributed by atoms with E-state index in [4.69, 9.17) is 5.73 Å². The molecule has 0 unspecified atom stereocenters. The fourth-order valence-corrected chi connectivity index (χ4v) is 6.54. The predicted octanol–water partition coefficient (Wildman–Crippen LogP) is 1.58. The van der Waals surface area contributed by atoms with Gasteiger partial charge in [-0.3, -0.25) is 14.4 Å². The van der Waals surface area contributed by atoms with Crippen LogP contribution in [0.1, 0.15) is 57.2 Å². The topological polar surface area (TPSA) is 190 Å². The number of hydrogen-bond donors (Lipinski definition) is 7. The first-order chi connectivity index (χ1) is 17.7. The Balaban J connectivity index is 1.94. The van der Waals surface area contributed by atoms with Crippen LogP contribution in [-0.4, -0.2) is 61.3 Å². The van der Waals surface area contributed by atoms with Gasteiger partial charge in [0.25, 0.3) is 5.91 Å². The molecule has 0 spiro atoms. The Bertz CT molecular complexity index is 1280. The Kier molecular flexibility index (Phi) is 6.97. The van der Waals surface area contributed by atoms with Gasteiger partial charge in [0.15, 0.2) is 11.4 Å². The Morgan fingerprint density at radius 3 is 2.32 bits per heavy atom. The first-order valence-corrected chi connectivity index (χ1v) is 12.9. The molecular formula is C28H36N2O8. The molecule has 206 valence electrons. The maximum atomic E-state index is 14.0. The number of fused-ring (bicyclic) bond motifs is 3. The van der Waals surface area contributed by atoms with Gasteiger partial charge in [0.1, 0.15) is 22.8 Å². The molecule has 4 rings (SSSR count). The number of aliphatic hydroxyl groups excluding tert-OH is 3. The summed E-state index contributed by atoms with van der Waals surface area (Å²) in [5.41, 5.74) is 2.15. The van der Waals surface area contributed by atoms with Crippen LogP contribution in [0.3, 0.4) is 0 Å². The monoisotopic (exact) mass is 528 g/mol. The normalized spacial score (nSPS) is 31.0. The molecule has 1 amide bonds. The summed E-state index contributed by atoms with van der Waals surface area (Å²) in [5.74, 6) is -9.98. The van der Waals surface area contributed by atoms with Crippen molar-refractivity contribution in [2.24, 2.45) is 35.3 Å². The van der Waals surface area contributed by atoms with E-state index in [1.165, 1.54) is 0 Å². The molecule has 0 aromatic heterocycles. The molecule has 0 radical (unpaired) electrons. The SMILES string of the molecule is CC(C)CNCc1ccc2c(c1O)C(O)=C1C(=O)[C@]3(O)C(O)=C(C(N)=O)C(=O)[C@@H](C(C)C)[C@@H]3[C@@H](O)[C@@H]1[C@H]2C. The van der Waals surface area contributed by atoms with Crippen molar-refractivity contribution < 1.29 is 39.9 Å². The molecule has 6 atom stereocenters. The highest BCUT2D eigenvalue weighted by molar-refractivity contribution is 6.23. The Morgan fingerprint density at radius 2 is 1.76 bits per heavy atom. The van der Waals surface area contributed by atoms with Crippen LogP contribution < -0.4 is 11.1 Å². The van der Waals surface area contributed by atoms with Crippen molar-refractivity contribution in [3.8, 4) is 5.75 Å². The van der Waals surface area contributed by atoms with Gasteiger partial charge in [-0.1, -0.05) is 46.8 Å². The van der Waals surface area contributed by atoms with E-state index in [9.17, 15) is 39.9 Å². The molecule has 0 aliphatic heterocycles. The molecular weight excluding hydrogens is 492 g/mol. The predicted molar refractivity (Wildman–Crippen MR) is 138 cm³/mol. The summed E-state index contributed by atoms with van der Waals surface area (Å²) in [7, 11) is 0. The number of Topliss-reactive ketones (excluding diaryl/α,β-unsaturated/α-hetero) is 2. The second kappa shape index (κ2) is 9.52. The van der Waals surface area contributed by atoms with E-state index in [1.54, 1.807) is 32.9 Å². The lowest BCUT2D eigenvalue weighted by Gasteiger charge is -2.53. The number of ketones is 2. The zero-order chi connectivity index (χ0) is 28.4. The van der Waals surface area contributed by atoms with Crippen LogP contribution in [0, 0.1) is 29.6 Å². The average molecular weight is 529 g/mol. The Hall–Kier alpha value is -3.21. The van der Waals surface area contributed by atoms with E-state index in [-0.39, 0.29) is 16.9 Å². The second-order valence-corrected chi connectivity index (χ2v) is 11.5. The number of hydrogen-bond acceptors (Lipinski definition) is 9. The van der Waals surface area contributed by atoms with Gasteiger partial charge >= 0.3 is 0 Å². The number of amides is 1. The molecule has 8 N–H and O–H groups in total. The Labute approximate surface area is 220 Å². The number of primary amides is 1. The highest BCUT2D eigenvalue weighted by atomic mass is 16.4. The summed E-state index contributed by atoms with van der Waals surface area (Å²) in [6.07, 6.45) is -1.57. The number of nitrogens with two attached hydrogens (primary N) is 1. The minimum absolute atomic E-state index is 0.00101. The van der Waals surface area contributed by atoms with Crippen molar-refractivity contribution in [1.82, 2.24) is 5.32 Å². The quantitative estimate of drug-likeness (QED) is 0.269. The number of aromatic hydroxyl groups is 1. The summed E-state index contributed by atoms with van der Waals surface area (Å²) in [5, 5.41) is 60.0. The molecule has 10 heteroatoms. The van der Waals surface area contributed by atoms with E-state index in [1.807, 2.05) is 13.8 Å². The third-order valence-corrected chi connectivity index (χ3v) is 8.32. The van der Waals surface area contributed by atoms with Crippen LogP contribution in [0.5, 0.6) is 5.75 Å². The van der Waals surface area contributed by atoms with Gasteiger partial charge in [-0.15, -0.1) is 0 Å². The van der Waals surface area contributed by atoms with E-state index >= 15 is 0 Å². The van der Waals surface area contributed by atoms with E-state index < -0.39 is 75.9 Å². The lowest BCUT2D eigenvalue weighted by Crippen LogP contribution is -2.67. The smallest absolute Gasteiger partial charge is 0.255 e. The molecule has 0 bridgehead atoms. The molecule has 1 fully saturated rings. The average Bonchev–Trinajstić information content (AvgIpc) is 2.82. The van der Waals surface area contributed by atoms with Crippen molar-refractivity contribution in [3.05, 3.63) is 45.7 Å². The van der Waals surface area contributed by atoms with Crippen molar-refractivity contribution in [2.75, 3.05) is 6.54 Å². The van der Waals surface area contributed by atoms with Crippen LogP contribution in [0.25, 0.3) is 5.76 Å². The number of carbonyl (C=O) groups is 3. The number of phenolic OH excluding ortho intramolecular Hbond substituents is 1. The third kappa shape index (κ3) is 3.77. The first-order valence-electron chi connectivity index (χ1n) is 12.9. The minimum atomic E-state index is -2.88. The highest BCUT2D eigenvalue weighted by Gasteiger charge is 2.68. The van der Waals surface area contributed by atoms with Crippen LogP contribution in [0.15, 0.2) is 29.0 Å². The third-order valence-electron chi connectivity index (χ3n) is 8.32. The molecule has 1 saturated carbocycles. The summed E-state index contributed by atoms with van der Waals surface area (Å²) >= 11 is 0. The Morgan fingerprint density at radius 1 is 1.13 bits per heavy atom. The summed E-state index contributed by atoms with van der Waals surface area (Å²) in [6, 6.07) is 3.42. The van der Waals surface area contributed by atoms with Gasteiger partial charge < -0.3 is 36.6 Å². The van der Waals surface area contributed by atoms with E-state index in [0.29, 0.717) is 30.1 Å². The lowest BCUT2D eigenvalue weighted by molar-refractivity contribution is -0.171. The first kappa shape index (κ1) is 27.8. The van der Waals surface area contributed by atoms with E-state index in [0.717, 1.165) is 0 Å². The fourth-order valence-electron chi connectivity index (χ4n) is 6.54. The fraction of sp³-hybridized carbons (Fsp3) is 0.536. The zero-order valence-corrected chi connectivity index (χ0v) is 22.1. The van der Waals surface area contributed by atoms with E-state index in [2.05, 4.69) is 5.32 Å². The van der Waals surface area contributed by atoms with Gasteiger partial charge in [-0.25, -0.2) is 0 Å². The van der Waals surface area contributed by atoms with Crippen molar-refractivity contribution >= 4 is 23.2 Å². The summed E-state index contributed by atoms with van der Waals surface area (Å²) in [4.78, 5) is 39.3. The molecule has 3 aliphatic rings. The van der Waals surface area contributed by atoms with Gasteiger partial charge in [-0.2, -0.15) is 0 Å². The van der Waals surface area contributed by atoms with Crippen LogP contribution in [0.4, 0.5) is 0 Å². The van der Waals surface area contributed by atoms with Crippen LogP contribution in [-0.2, 0) is 20.9 Å². The van der Waals surface area contributed by atoms with Gasteiger partial charge in [0.2, 0.25) is 5.78 Å². The summed E-state index contributed by atoms with van der Waals surface area (Å²) in [6.45, 7) is 10.0. The number of phenols is 1. The molecule has 1 aromatic carbocycles. The molecule has 10 nitrogen and oxygen atoms in total. The molecule has 0 heterocycles. The van der Waals surface area contributed by atoms with Gasteiger partial charge in [0.05, 0.1) is 11.7 Å². The number of carbonyl (C=O) groups excluding carboxylic acids is 3. The number of aliphatic hydroxyl groups is 4. The number of benzene rings is 1.